The maximum Gasteiger partial charge on any atom is 0.0772 e. The van der Waals surface area contributed by atoms with E-state index in [1.54, 1.807) is 0 Å². The quantitative estimate of drug-likeness (QED) is 0.820. The van der Waals surface area contributed by atoms with Crippen LogP contribution in [0.5, 0.6) is 0 Å². The third-order valence-corrected chi connectivity index (χ3v) is 4.66. The van der Waals surface area contributed by atoms with E-state index in [2.05, 4.69) is 49.5 Å². The van der Waals surface area contributed by atoms with E-state index in [0.29, 0.717) is 6.04 Å². The van der Waals surface area contributed by atoms with Crippen LogP contribution in [0.3, 0.4) is 0 Å². The molecule has 1 atom stereocenters. The lowest BCUT2D eigenvalue weighted by Gasteiger charge is -2.36. The van der Waals surface area contributed by atoms with Crippen molar-refractivity contribution in [2.75, 3.05) is 6.54 Å². The molecule has 0 bridgehead atoms. The molecule has 1 unspecified atom stereocenters. The van der Waals surface area contributed by atoms with Gasteiger partial charge in [-0.2, -0.15) is 0 Å². The van der Waals surface area contributed by atoms with Gasteiger partial charge in [-0.3, -0.25) is 0 Å². The first-order valence-corrected chi connectivity index (χ1v) is 8.14. The average molecular weight is 275 g/mol. The molecule has 2 heteroatoms. The molecule has 1 aromatic rings. The van der Waals surface area contributed by atoms with Gasteiger partial charge in [0.15, 0.2) is 0 Å². The molecular weight excluding hydrogens is 246 g/mol. The molecule has 0 spiro atoms. The molecule has 0 aliphatic heterocycles. The van der Waals surface area contributed by atoms with Crippen molar-refractivity contribution in [3.63, 3.8) is 0 Å². The molecular formula is C18H29NO. The van der Waals surface area contributed by atoms with Gasteiger partial charge in [-0.25, -0.2) is 0 Å². The van der Waals surface area contributed by atoms with Gasteiger partial charge in [-0.1, -0.05) is 50.6 Å². The first-order valence-electron chi connectivity index (χ1n) is 8.14. The van der Waals surface area contributed by atoms with Gasteiger partial charge < -0.3 is 10.4 Å². The van der Waals surface area contributed by atoms with E-state index in [0.717, 1.165) is 51.0 Å². The highest BCUT2D eigenvalue weighted by Gasteiger charge is 2.32. The molecule has 0 heterocycles. The number of nitrogens with one attached hydrogen (secondary N) is 1. The largest absolute Gasteiger partial charge is 0.389 e. The summed E-state index contributed by atoms with van der Waals surface area (Å²) in [6.45, 7) is 5.23. The number of hydrogen-bond donors (Lipinski definition) is 2. The summed E-state index contributed by atoms with van der Waals surface area (Å²) in [6, 6.07) is 11.0. The minimum Gasteiger partial charge on any atom is -0.389 e. The van der Waals surface area contributed by atoms with E-state index < -0.39 is 5.60 Å². The lowest BCUT2D eigenvalue weighted by Crippen LogP contribution is -2.44. The second-order valence-electron chi connectivity index (χ2n) is 6.54. The number of hydrogen-bond acceptors (Lipinski definition) is 2. The van der Waals surface area contributed by atoms with Crippen LogP contribution in [-0.2, 0) is 0 Å². The van der Waals surface area contributed by atoms with Crippen LogP contribution >= 0.6 is 0 Å². The maximum absolute atomic E-state index is 10.7. The Morgan fingerprint density at radius 2 is 1.90 bits per heavy atom. The Hall–Kier alpha value is -0.860. The Morgan fingerprint density at radius 1 is 1.25 bits per heavy atom. The standard InChI is InChI=1S/C18H29NO/c1-3-7-17(16-8-5-4-6-9-16)19-14-18(20)12-10-15(2)11-13-18/h4-6,8-9,15,17,19-20H,3,7,10-14H2,1-2H3. The monoisotopic (exact) mass is 275 g/mol. The molecule has 1 aliphatic rings. The average Bonchev–Trinajstić information content (AvgIpc) is 2.48. The molecule has 0 aromatic heterocycles. The predicted molar refractivity (Wildman–Crippen MR) is 84.7 cm³/mol. The fourth-order valence-corrected chi connectivity index (χ4v) is 3.15. The van der Waals surface area contributed by atoms with Gasteiger partial charge in [0.05, 0.1) is 5.60 Å². The first-order chi connectivity index (χ1) is 9.63. The zero-order valence-electron chi connectivity index (χ0n) is 12.9. The van der Waals surface area contributed by atoms with Crippen molar-refractivity contribution >= 4 is 0 Å². The third-order valence-electron chi connectivity index (χ3n) is 4.66. The molecule has 1 fully saturated rings. The Kier molecular flexibility index (Phi) is 5.62. The minimum absolute atomic E-state index is 0.365. The van der Waals surface area contributed by atoms with Crippen molar-refractivity contribution in [3.8, 4) is 0 Å². The van der Waals surface area contributed by atoms with Crippen LogP contribution in [0, 0.1) is 5.92 Å². The zero-order valence-corrected chi connectivity index (χ0v) is 12.9. The van der Waals surface area contributed by atoms with Crippen molar-refractivity contribution in [1.29, 1.82) is 0 Å². The normalized spacial score (nSPS) is 28.2. The first kappa shape index (κ1) is 15.5. The Bertz CT molecular complexity index is 382. The fourth-order valence-electron chi connectivity index (χ4n) is 3.15. The summed E-state index contributed by atoms with van der Waals surface area (Å²) in [5.41, 5.74) is 0.843. The summed E-state index contributed by atoms with van der Waals surface area (Å²) >= 11 is 0. The third kappa shape index (κ3) is 4.32. The van der Waals surface area contributed by atoms with Gasteiger partial charge in [0, 0.05) is 12.6 Å². The van der Waals surface area contributed by atoms with Crippen molar-refractivity contribution in [2.24, 2.45) is 5.92 Å². The lowest BCUT2D eigenvalue weighted by molar-refractivity contribution is -0.00843. The molecule has 2 N–H and O–H groups in total. The van der Waals surface area contributed by atoms with Gasteiger partial charge in [-0.05, 0) is 43.6 Å². The van der Waals surface area contributed by atoms with Gasteiger partial charge in [0.2, 0.25) is 0 Å². The molecule has 2 nitrogen and oxygen atoms in total. The molecule has 0 radical (unpaired) electrons. The molecule has 20 heavy (non-hydrogen) atoms. The van der Waals surface area contributed by atoms with Crippen LogP contribution in [0.4, 0.5) is 0 Å². The minimum atomic E-state index is -0.493. The van der Waals surface area contributed by atoms with Crippen LogP contribution in [0.15, 0.2) is 30.3 Å². The number of benzene rings is 1. The van der Waals surface area contributed by atoms with Gasteiger partial charge in [0.1, 0.15) is 0 Å². The summed E-state index contributed by atoms with van der Waals surface area (Å²) in [5.74, 6) is 0.774. The Labute approximate surface area is 123 Å². The highest BCUT2D eigenvalue weighted by Crippen LogP contribution is 2.32. The molecule has 1 saturated carbocycles. The highest BCUT2D eigenvalue weighted by molar-refractivity contribution is 5.18. The summed E-state index contributed by atoms with van der Waals surface area (Å²) in [4.78, 5) is 0. The van der Waals surface area contributed by atoms with E-state index in [1.807, 2.05) is 0 Å². The van der Waals surface area contributed by atoms with E-state index in [1.165, 1.54) is 5.56 Å². The van der Waals surface area contributed by atoms with Crippen molar-refractivity contribution < 1.29 is 5.11 Å². The van der Waals surface area contributed by atoms with Gasteiger partial charge >= 0.3 is 0 Å². The summed E-state index contributed by atoms with van der Waals surface area (Å²) in [7, 11) is 0. The molecule has 0 saturated heterocycles. The van der Waals surface area contributed by atoms with E-state index in [4.69, 9.17) is 0 Å². The predicted octanol–water partition coefficient (Wildman–Crippen LogP) is 4.06. The second kappa shape index (κ2) is 7.24. The van der Waals surface area contributed by atoms with Crippen LogP contribution in [0.2, 0.25) is 0 Å². The smallest absolute Gasteiger partial charge is 0.0772 e. The molecule has 0 amide bonds. The molecule has 112 valence electrons. The van der Waals surface area contributed by atoms with Crippen molar-refractivity contribution in [1.82, 2.24) is 5.32 Å². The maximum atomic E-state index is 10.7. The van der Waals surface area contributed by atoms with Crippen LogP contribution < -0.4 is 5.32 Å². The van der Waals surface area contributed by atoms with Crippen LogP contribution in [0.1, 0.15) is 64.0 Å². The van der Waals surface area contributed by atoms with Gasteiger partial charge in [-0.15, -0.1) is 0 Å². The topological polar surface area (TPSA) is 32.3 Å². The van der Waals surface area contributed by atoms with Crippen LogP contribution in [-0.4, -0.2) is 17.3 Å². The Morgan fingerprint density at radius 3 is 2.50 bits per heavy atom. The lowest BCUT2D eigenvalue weighted by atomic mass is 9.79. The fraction of sp³-hybridized carbons (Fsp3) is 0.667. The van der Waals surface area contributed by atoms with E-state index >= 15 is 0 Å². The van der Waals surface area contributed by atoms with E-state index in [9.17, 15) is 5.11 Å². The molecule has 1 aromatic carbocycles. The molecule has 2 rings (SSSR count). The summed E-state index contributed by atoms with van der Waals surface area (Å²) < 4.78 is 0. The van der Waals surface area contributed by atoms with Crippen molar-refractivity contribution in [2.45, 2.75) is 64.0 Å². The second-order valence-corrected chi connectivity index (χ2v) is 6.54. The Balaban J connectivity index is 1.92. The van der Waals surface area contributed by atoms with Crippen molar-refractivity contribution in [3.05, 3.63) is 35.9 Å². The highest BCUT2D eigenvalue weighted by atomic mass is 16.3. The number of rotatable bonds is 6. The number of aliphatic hydroxyl groups is 1. The van der Waals surface area contributed by atoms with Crippen LogP contribution in [0.25, 0.3) is 0 Å². The van der Waals surface area contributed by atoms with Gasteiger partial charge in [0.25, 0.3) is 0 Å². The van der Waals surface area contributed by atoms with E-state index in [-0.39, 0.29) is 0 Å². The zero-order chi connectivity index (χ0) is 14.4. The summed E-state index contributed by atoms with van der Waals surface area (Å²) in [6.07, 6.45) is 6.46. The molecule has 1 aliphatic carbocycles. The SMILES string of the molecule is CCCC(NCC1(O)CCC(C)CC1)c1ccccc1. The summed E-state index contributed by atoms with van der Waals surface area (Å²) in [5, 5.41) is 14.3.